The van der Waals surface area contributed by atoms with Gasteiger partial charge < -0.3 is 15.8 Å². The van der Waals surface area contributed by atoms with Gasteiger partial charge in [0.25, 0.3) is 0 Å². The molecule has 8 nitrogen and oxygen atoms in total. The molecular formula is C9H17N5O3S. The number of nitrogens with two attached hydrogens (primary N) is 1. The van der Waals surface area contributed by atoms with Crippen LogP contribution in [-0.4, -0.2) is 48.0 Å². The molecule has 0 aliphatic carbocycles. The molecule has 0 fully saturated rings. The van der Waals surface area contributed by atoms with Crippen LogP contribution in [0.1, 0.15) is 13.8 Å². The van der Waals surface area contributed by atoms with Gasteiger partial charge in [0.05, 0.1) is 11.9 Å². The van der Waals surface area contributed by atoms with Crippen LogP contribution in [0, 0.1) is 0 Å². The molecule has 0 spiro atoms. The number of aromatic nitrogens is 3. The molecule has 0 unspecified atom stereocenters. The number of anilines is 2. The van der Waals surface area contributed by atoms with Crippen molar-refractivity contribution in [2.24, 2.45) is 0 Å². The third kappa shape index (κ3) is 5.62. The van der Waals surface area contributed by atoms with E-state index >= 15 is 0 Å². The maximum atomic E-state index is 11.0. The van der Waals surface area contributed by atoms with Gasteiger partial charge in [0.2, 0.25) is 11.9 Å². The van der Waals surface area contributed by atoms with E-state index in [9.17, 15) is 8.42 Å². The van der Waals surface area contributed by atoms with Gasteiger partial charge in [0, 0.05) is 12.8 Å². The first-order valence-electron chi connectivity index (χ1n) is 5.36. The minimum absolute atomic E-state index is 0.0149. The van der Waals surface area contributed by atoms with Gasteiger partial charge in [-0.15, -0.1) is 0 Å². The summed E-state index contributed by atoms with van der Waals surface area (Å²) in [6.07, 6.45) is 1.07. The average Bonchev–Trinajstić information content (AvgIpc) is 2.12. The Morgan fingerprint density at radius 2 is 2.00 bits per heavy atom. The predicted molar refractivity (Wildman–Crippen MR) is 68.2 cm³/mol. The van der Waals surface area contributed by atoms with Crippen LogP contribution >= 0.6 is 0 Å². The highest BCUT2D eigenvalue weighted by molar-refractivity contribution is 7.90. The molecule has 102 valence electrons. The minimum Gasteiger partial charge on any atom is -0.461 e. The number of hydrogen-bond acceptors (Lipinski definition) is 8. The van der Waals surface area contributed by atoms with Crippen molar-refractivity contribution in [1.82, 2.24) is 15.0 Å². The van der Waals surface area contributed by atoms with Gasteiger partial charge in [-0.3, -0.25) is 0 Å². The van der Waals surface area contributed by atoms with Crippen molar-refractivity contribution in [2.45, 2.75) is 20.0 Å². The first-order chi connectivity index (χ1) is 8.26. The molecule has 0 aliphatic rings. The van der Waals surface area contributed by atoms with E-state index in [2.05, 4.69) is 20.3 Å². The zero-order chi connectivity index (χ0) is 13.8. The highest BCUT2D eigenvalue weighted by atomic mass is 32.2. The molecule has 0 radical (unpaired) electrons. The van der Waals surface area contributed by atoms with Gasteiger partial charge in [-0.2, -0.15) is 15.0 Å². The second kappa shape index (κ2) is 5.80. The van der Waals surface area contributed by atoms with Crippen LogP contribution in [0.5, 0.6) is 6.01 Å². The van der Waals surface area contributed by atoms with Crippen LogP contribution < -0.4 is 15.8 Å². The quantitative estimate of drug-likeness (QED) is 0.725. The van der Waals surface area contributed by atoms with Gasteiger partial charge >= 0.3 is 6.01 Å². The fourth-order valence-corrected chi connectivity index (χ4v) is 1.54. The largest absolute Gasteiger partial charge is 0.461 e. The molecule has 0 aromatic carbocycles. The summed E-state index contributed by atoms with van der Waals surface area (Å²) in [6.45, 7) is 3.86. The normalized spacial score (nSPS) is 11.6. The summed E-state index contributed by atoms with van der Waals surface area (Å²) >= 11 is 0. The summed E-state index contributed by atoms with van der Waals surface area (Å²) in [5.74, 6) is 0.197. The standard InChI is InChI=1S/C9H17N5O3S/c1-6(2)17-9-13-7(10)12-8(14-9)11-4-5-18(3,15)16/h6H,4-5H2,1-3H3,(H3,10,11,12,13,14). The van der Waals surface area contributed by atoms with Crippen molar-refractivity contribution in [3.8, 4) is 6.01 Å². The first-order valence-corrected chi connectivity index (χ1v) is 7.42. The Balaban J connectivity index is 2.68. The molecule has 0 aliphatic heterocycles. The molecule has 0 saturated heterocycles. The number of hydrogen-bond donors (Lipinski definition) is 2. The van der Waals surface area contributed by atoms with Crippen LogP contribution in [0.4, 0.5) is 11.9 Å². The lowest BCUT2D eigenvalue weighted by Gasteiger charge is -2.09. The fraction of sp³-hybridized carbons (Fsp3) is 0.667. The summed E-state index contributed by atoms with van der Waals surface area (Å²) in [7, 11) is -3.03. The Kier molecular flexibility index (Phi) is 4.65. The number of sulfone groups is 1. The first kappa shape index (κ1) is 14.4. The molecule has 0 amide bonds. The minimum atomic E-state index is -3.03. The van der Waals surface area contributed by atoms with E-state index in [0.29, 0.717) is 0 Å². The van der Waals surface area contributed by atoms with Crippen LogP contribution in [0.3, 0.4) is 0 Å². The van der Waals surface area contributed by atoms with Gasteiger partial charge in [-0.25, -0.2) is 8.42 Å². The van der Waals surface area contributed by atoms with E-state index in [1.165, 1.54) is 0 Å². The van der Waals surface area contributed by atoms with E-state index < -0.39 is 9.84 Å². The zero-order valence-electron chi connectivity index (χ0n) is 10.5. The van der Waals surface area contributed by atoms with E-state index in [0.717, 1.165) is 6.26 Å². The molecule has 3 N–H and O–H groups in total. The Bertz CT molecular complexity index is 503. The van der Waals surface area contributed by atoms with Crippen molar-refractivity contribution in [1.29, 1.82) is 0 Å². The summed E-state index contributed by atoms with van der Waals surface area (Å²) in [6, 6.07) is 0.111. The lowest BCUT2D eigenvalue weighted by molar-refractivity contribution is 0.222. The third-order valence-corrected chi connectivity index (χ3v) is 2.67. The van der Waals surface area contributed by atoms with E-state index in [4.69, 9.17) is 10.5 Å². The molecule has 18 heavy (non-hydrogen) atoms. The summed E-state index contributed by atoms with van der Waals surface area (Å²) < 4.78 is 27.2. The average molecular weight is 275 g/mol. The fourth-order valence-electron chi connectivity index (χ4n) is 1.06. The molecule has 1 aromatic heterocycles. The van der Waals surface area contributed by atoms with Crippen LogP contribution in [0.15, 0.2) is 0 Å². The van der Waals surface area contributed by atoms with Gasteiger partial charge in [-0.05, 0) is 13.8 Å². The van der Waals surface area contributed by atoms with Crippen molar-refractivity contribution in [3.63, 3.8) is 0 Å². The van der Waals surface area contributed by atoms with Gasteiger partial charge in [0.15, 0.2) is 0 Å². The van der Waals surface area contributed by atoms with Gasteiger partial charge in [-0.1, -0.05) is 0 Å². The Morgan fingerprint density at radius 3 is 2.56 bits per heavy atom. The molecule has 0 atom stereocenters. The van der Waals surface area contributed by atoms with E-state index in [1.807, 2.05) is 13.8 Å². The maximum absolute atomic E-state index is 11.0. The molecule has 1 heterocycles. The van der Waals surface area contributed by atoms with Crippen LogP contribution in [0.25, 0.3) is 0 Å². The van der Waals surface area contributed by atoms with Crippen LogP contribution in [-0.2, 0) is 9.84 Å². The number of ether oxygens (including phenoxy) is 1. The topological polar surface area (TPSA) is 120 Å². The summed E-state index contributed by atoms with van der Waals surface area (Å²) in [5.41, 5.74) is 5.49. The molecular weight excluding hydrogens is 258 g/mol. The number of nitrogen functional groups attached to an aromatic ring is 1. The van der Waals surface area contributed by atoms with Crippen molar-refractivity contribution in [3.05, 3.63) is 0 Å². The lowest BCUT2D eigenvalue weighted by Crippen LogP contribution is -2.17. The predicted octanol–water partition coefficient (Wildman–Crippen LogP) is -0.302. The maximum Gasteiger partial charge on any atom is 0.323 e. The number of nitrogens with one attached hydrogen (secondary N) is 1. The lowest BCUT2D eigenvalue weighted by atomic mass is 10.5. The van der Waals surface area contributed by atoms with E-state index in [1.54, 1.807) is 0 Å². The highest BCUT2D eigenvalue weighted by Crippen LogP contribution is 2.10. The molecule has 9 heteroatoms. The van der Waals surface area contributed by atoms with Crippen molar-refractivity contribution < 1.29 is 13.2 Å². The monoisotopic (exact) mass is 275 g/mol. The van der Waals surface area contributed by atoms with E-state index in [-0.39, 0.29) is 36.3 Å². The molecule has 1 aromatic rings. The Labute approximate surface area is 106 Å². The van der Waals surface area contributed by atoms with Crippen LogP contribution in [0.2, 0.25) is 0 Å². The summed E-state index contributed by atoms with van der Waals surface area (Å²) in [4.78, 5) is 11.6. The van der Waals surface area contributed by atoms with Crippen molar-refractivity contribution >= 4 is 21.7 Å². The van der Waals surface area contributed by atoms with Crippen molar-refractivity contribution in [2.75, 3.05) is 29.6 Å². The Hall–Kier alpha value is -1.64. The second-order valence-electron chi connectivity index (χ2n) is 4.02. The Morgan fingerprint density at radius 1 is 1.33 bits per heavy atom. The smallest absolute Gasteiger partial charge is 0.323 e. The summed E-state index contributed by atoms with van der Waals surface area (Å²) in [5, 5.41) is 2.75. The number of rotatable bonds is 6. The molecule has 0 bridgehead atoms. The van der Waals surface area contributed by atoms with Gasteiger partial charge in [0.1, 0.15) is 9.84 Å². The highest BCUT2D eigenvalue weighted by Gasteiger charge is 2.08. The molecule has 1 rings (SSSR count). The second-order valence-corrected chi connectivity index (χ2v) is 6.28. The third-order valence-electron chi connectivity index (χ3n) is 1.73. The SMILES string of the molecule is CC(C)Oc1nc(N)nc(NCCS(C)(=O)=O)n1. The number of nitrogens with zero attached hydrogens (tertiary/aromatic N) is 3. The zero-order valence-corrected chi connectivity index (χ0v) is 11.4. The molecule has 0 saturated carbocycles.